The number of hydrogen-bond donors (Lipinski definition) is 1. The second-order valence-corrected chi connectivity index (χ2v) is 10.2. The number of halogens is 2. The zero-order valence-electron chi connectivity index (χ0n) is 20.6. The molecule has 36 heavy (non-hydrogen) atoms. The van der Waals surface area contributed by atoms with Gasteiger partial charge in [0.1, 0.15) is 17.1 Å². The highest BCUT2D eigenvalue weighted by atomic mass is 32.2. The smallest absolute Gasteiger partial charge is 0.394 e. The van der Waals surface area contributed by atoms with E-state index < -0.39 is 17.1 Å². The van der Waals surface area contributed by atoms with Gasteiger partial charge >= 0.3 is 6.11 Å². The first-order valence-electron chi connectivity index (χ1n) is 11.9. The number of carbonyl (C=O) groups is 1. The topological polar surface area (TPSA) is 103 Å². The summed E-state index contributed by atoms with van der Waals surface area (Å²) >= 11 is 0. The summed E-state index contributed by atoms with van der Waals surface area (Å²) in [5, 5.41) is 0. The largest absolute Gasteiger partial charge is 0.433 e. The number of ether oxygens (including phenoxy) is 1. The Kier molecular flexibility index (Phi) is 9.89. The number of fused-ring (bicyclic) bond motifs is 1. The first kappa shape index (κ1) is 27.7. The van der Waals surface area contributed by atoms with Crippen molar-refractivity contribution in [3.05, 3.63) is 54.0 Å². The number of nitrogens with zero attached hydrogens (tertiary/aromatic N) is 4. The van der Waals surface area contributed by atoms with Crippen molar-refractivity contribution in [3.63, 3.8) is 0 Å². The van der Waals surface area contributed by atoms with Crippen molar-refractivity contribution in [3.8, 4) is 5.75 Å². The Morgan fingerprint density at radius 1 is 1.22 bits per heavy atom. The molecule has 0 bridgehead atoms. The SMILES string of the molecule is CS(=O)N1CCC(CCCc2nc3cccnc3n2Cc2ccc(OC(C)(F)F)cc2)CC1.NC=O. The van der Waals surface area contributed by atoms with Crippen LogP contribution < -0.4 is 10.5 Å². The number of nitrogens with two attached hydrogens (primary N) is 1. The Morgan fingerprint density at radius 2 is 1.89 bits per heavy atom. The van der Waals surface area contributed by atoms with Gasteiger partial charge in [-0.15, -0.1) is 0 Å². The lowest BCUT2D eigenvalue weighted by atomic mass is 9.92. The van der Waals surface area contributed by atoms with E-state index in [4.69, 9.17) is 9.78 Å². The average Bonchev–Trinajstić information content (AvgIpc) is 3.17. The molecule has 3 aromatic rings. The van der Waals surface area contributed by atoms with Gasteiger partial charge in [-0.3, -0.25) is 4.79 Å². The number of imidazole rings is 1. The third-order valence-electron chi connectivity index (χ3n) is 6.09. The maximum Gasteiger partial charge on any atom is 0.394 e. The summed E-state index contributed by atoms with van der Waals surface area (Å²) in [6.45, 7) is 3.09. The number of pyridine rings is 1. The summed E-state index contributed by atoms with van der Waals surface area (Å²) < 4.78 is 46.6. The molecule has 2 N–H and O–H groups in total. The molecule has 1 amide bonds. The molecule has 1 aliphatic heterocycles. The van der Waals surface area contributed by atoms with E-state index in [-0.39, 0.29) is 12.2 Å². The van der Waals surface area contributed by atoms with Gasteiger partial charge in [-0.25, -0.2) is 18.5 Å². The highest BCUT2D eigenvalue weighted by molar-refractivity contribution is 7.81. The number of aromatic nitrogens is 3. The highest BCUT2D eigenvalue weighted by Crippen LogP contribution is 2.25. The predicted octanol–water partition coefficient (Wildman–Crippen LogP) is 3.90. The first-order chi connectivity index (χ1) is 17.2. The maximum atomic E-state index is 13.1. The summed E-state index contributed by atoms with van der Waals surface area (Å²) in [5.41, 5.74) is 6.82. The number of hydrogen-bond acceptors (Lipinski definition) is 5. The summed E-state index contributed by atoms with van der Waals surface area (Å²) in [7, 11) is -0.873. The molecule has 2 aromatic heterocycles. The number of benzene rings is 1. The van der Waals surface area contributed by atoms with E-state index in [0.717, 1.165) is 74.7 Å². The van der Waals surface area contributed by atoms with Crippen LogP contribution in [0.3, 0.4) is 0 Å². The van der Waals surface area contributed by atoms with Crippen LogP contribution in [0.2, 0.25) is 0 Å². The van der Waals surface area contributed by atoms with Crippen LogP contribution in [0.4, 0.5) is 8.78 Å². The normalized spacial score (nSPS) is 15.8. The second kappa shape index (κ2) is 12.9. The fourth-order valence-corrected chi connectivity index (χ4v) is 5.14. The van der Waals surface area contributed by atoms with Crippen molar-refractivity contribution in [2.75, 3.05) is 19.3 Å². The molecule has 1 atom stereocenters. The molecule has 1 aromatic carbocycles. The van der Waals surface area contributed by atoms with Crippen molar-refractivity contribution in [1.82, 2.24) is 18.8 Å². The second-order valence-electron chi connectivity index (χ2n) is 8.84. The van der Waals surface area contributed by atoms with Gasteiger partial charge in [-0.1, -0.05) is 12.1 Å². The van der Waals surface area contributed by atoms with Crippen LogP contribution in [0, 0.1) is 5.92 Å². The minimum absolute atomic E-state index is 0.137. The van der Waals surface area contributed by atoms with E-state index in [1.807, 2.05) is 16.4 Å². The molecule has 0 aliphatic carbocycles. The minimum Gasteiger partial charge on any atom is -0.433 e. The molecule has 4 rings (SSSR count). The molecule has 3 heterocycles. The van der Waals surface area contributed by atoms with Crippen LogP contribution in [0.5, 0.6) is 5.75 Å². The predicted molar refractivity (Wildman–Crippen MR) is 136 cm³/mol. The molecule has 0 saturated carbocycles. The molecule has 1 unspecified atom stereocenters. The number of piperidine rings is 1. The lowest BCUT2D eigenvalue weighted by molar-refractivity contribution is -0.158. The molecule has 8 nitrogen and oxygen atoms in total. The summed E-state index contributed by atoms with van der Waals surface area (Å²) in [5.74, 6) is 1.78. The monoisotopic (exact) mass is 521 g/mol. The molecule has 1 fully saturated rings. The quantitative estimate of drug-likeness (QED) is 0.430. The zero-order valence-corrected chi connectivity index (χ0v) is 21.4. The average molecular weight is 522 g/mol. The van der Waals surface area contributed by atoms with Crippen LogP contribution in [-0.2, 0) is 28.7 Å². The summed E-state index contributed by atoms with van der Waals surface area (Å²) in [6.07, 6.45) is 5.72. The number of rotatable bonds is 9. The van der Waals surface area contributed by atoms with Gasteiger partial charge in [0, 0.05) is 38.9 Å². The van der Waals surface area contributed by atoms with Gasteiger partial charge in [-0.2, -0.15) is 8.78 Å². The van der Waals surface area contributed by atoms with Crippen molar-refractivity contribution in [2.45, 2.75) is 51.7 Å². The molecule has 1 aliphatic rings. The fourth-order valence-electron chi connectivity index (χ4n) is 4.42. The number of primary amides is 1. The van der Waals surface area contributed by atoms with Crippen LogP contribution in [0.1, 0.15) is 44.0 Å². The Balaban J connectivity index is 0.00000115. The van der Waals surface area contributed by atoms with Crippen LogP contribution >= 0.6 is 0 Å². The zero-order chi connectivity index (χ0) is 26.1. The number of aryl methyl sites for hydroxylation is 1. The van der Waals surface area contributed by atoms with E-state index in [1.54, 1.807) is 36.7 Å². The van der Waals surface area contributed by atoms with Gasteiger partial charge in [0.05, 0.1) is 17.5 Å². The van der Waals surface area contributed by atoms with Crippen LogP contribution in [-0.4, -0.2) is 54.9 Å². The fraction of sp³-hybridized carbons (Fsp3) is 0.480. The van der Waals surface area contributed by atoms with Gasteiger partial charge < -0.3 is 15.0 Å². The Hall–Kier alpha value is -2.92. The minimum atomic E-state index is -3.20. The molecule has 1 saturated heterocycles. The standard InChI is InChI=1S/C24H30F2N4O2S.CH3NO/c1-24(25,26)32-20-10-8-19(9-11-20)17-30-22(28-21-6-4-14-27-23(21)30)7-3-5-18-12-15-29(16-13-18)33(2)31;2-1-3/h4,6,8-11,14,18H,3,5,7,12-13,15-17H2,1-2H3;1H,(H2,2,3). The van der Waals surface area contributed by atoms with E-state index >= 15 is 0 Å². The molecule has 196 valence electrons. The Morgan fingerprint density at radius 3 is 2.50 bits per heavy atom. The van der Waals surface area contributed by atoms with Gasteiger partial charge in [-0.05, 0) is 61.4 Å². The van der Waals surface area contributed by atoms with Crippen molar-refractivity contribution < 1.29 is 22.5 Å². The van der Waals surface area contributed by atoms with E-state index in [2.05, 4.69) is 20.0 Å². The highest BCUT2D eigenvalue weighted by Gasteiger charge is 2.23. The van der Waals surface area contributed by atoms with Gasteiger partial charge in [0.25, 0.3) is 0 Å². The molecular weight excluding hydrogens is 488 g/mol. The number of alkyl halides is 2. The molecule has 0 radical (unpaired) electrons. The Bertz CT molecular complexity index is 1140. The van der Waals surface area contributed by atoms with E-state index in [0.29, 0.717) is 12.5 Å². The third kappa shape index (κ3) is 8.06. The lowest BCUT2D eigenvalue weighted by Gasteiger charge is -2.29. The molecular formula is C25H33F2N5O3S. The van der Waals surface area contributed by atoms with Gasteiger partial charge in [0.2, 0.25) is 6.41 Å². The Labute approximate surface area is 212 Å². The third-order valence-corrected chi connectivity index (χ3v) is 7.19. The van der Waals surface area contributed by atoms with Gasteiger partial charge in [0.15, 0.2) is 5.65 Å². The molecule has 0 spiro atoms. The van der Waals surface area contributed by atoms with Crippen molar-refractivity contribution >= 4 is 28.6 Å². The number of amides is 1. The van der Waals surface area contributed by atoms with E-state index in [9.17, 15) is 13.0 Å². The summed E-state index contributed by atoms with van der Waals surface area (Å²) in [4.78, 5) is 17.9. The maximum absolute atomic E-state index is 13.1. The lowest BCUT2D eigenvalue weighted by Crippen LogP contribution is -2.34. The molecule has 11 heteroatoms. The van der Waals surface area contributed by atoms with Crippen molar-refractivity contribution in [2.24, 2.45) is 11.7 Å². The first-order valence-corrected chi connectivity index (χ1v) is 13.4. The number of carbonyl (C=O) groups excluding carboxylic acids is 1. The van der Waals surface area contributed by atoms with Crippen LogP contribution in [0.25, 0.3) is 11.2 Å². The van der Waals surface area contributed by atoms with Crippen molar-refractivity contribution in [1.29, 1.82) is 0 Å². The van der Waals surface area contributed by atoms with E-state index in [1.165, 1.54) is 0 Å². The summed E-state index contributed by atoms with van der Waals surface area (Å²) in [6, 6.07) is 10.6. The van der Waals surface area contributed by atoms with Crippen LogP contribution in [0.15, 0.2) is 42.6 Å².